The molecule has 0 aliphatic carbocycles. The number of ether oxygens (including phenoxy) is 1. The van der Waals surface area contributed by atoms with E-state index in [4.69, 9.17) is 10.5 Å². The molecule has 2 rings (SSSR count). The molecule has 5 heteroatoms. The topological polar surface area (TPSA) is 60.2 Å². The number of halogens is 1. The minimum Gasteiger partial charge on any atom is -0.476 e. The maximum absolute atomic E-state index is 13.7. The minimum absolute atomic E-state index is 0.330. The number of anilines is 3. The zero-order chi connectivity index (χ0) is 15.4. The summed E-state index contributed by atoms with van der Waals surface area (Å²) in [6.07, 6.45) is 0. The normalized spacial score (nSPS) is 10.7. The van der Waals surface area contributed by atoms with Crippen LogP contribution in [0.3, 0.4) is 0 Å². The standard InChI is InChI=1S/C16H20FN3O/c1-10(2)9-21-16-13(18)6-7-15(20-16)19-14-8-11(3)4-5-12(14)17/h4-8,10H,9,18H2,1-3H3,(H,19,20). The molecule has 0 bridgehead atoms. The lowest BCUT2D eigenvalue weighted by Gasteiger charge is -2.12. The highest BCUT2D eigenvalue weighted by atomic mass is 19.1. The van der Waals surface area contributed by atoms with Crippen LogP contribution in [0.15, 0.2) is 30.3 Å². The summed E-state index contributed by atoms with van der Waals surface area (Å²) in [5, 5.41) is 2.95. The van der Waals surface area contributed by atoms with Crippen LogP contribution in [0.2, 0.25) is 0 Å². The smallest absolute Gasteiger partial charge is 0.239 e. The molecule has 4 nitrogen and oxygen atoms in total. The second-order valence-corrected chi connectivity index (χ2v) is 5.40. The van der Waals surface area contributed by atoms with Crippen molar-refractivity contribution in [3.8, 4) is 5.88 Å². The van der Waals surface area contributed by atoms with Crippen LogP contribution in [0.1, 0.15) is 19.4 Å². The third-order valence-corrected chi connectivity index (χ3v) is 2.83. The average molecular weight is 289 g/mol. The van der Waals surface area contributed by atoms with E-state index in [0.717, 1.165) is 5.56 Å². The number of aromatic nitrogens is 1. The molecule has 0 amide bonds. The molecular formula is C16H20FN3O. The molecule has 2 aromatic rings. The summed E-state index contributed by atoms with van der Waals surface area (Å²) in [7, 11) is 0. The zero-order valence-corrected chi connectivity index (χ0v) is 12.5. The molecule has 0 aliphatic rings. The first-order valence-corrected chi connectivity index (χ1v) is 6.88. The maximum atomic E-state index is 13.7. The van der Waals surface area contributed by atoms with Crippen LogP contribution in [0.5, 0.6) is 5.88 Å². The number of pyridine rings is 1. The second kappa shape index (κ2) is 6.43. The predicted molar refractivity (Wildman–Crippen MR) is 83.4 cm³/mol. The van der Waals surface area contributed by atoms with Crippen molar-refractivity contribution >= 4 is 17.2 Å². The minimum atomic E-state index is -0.330. The monoisotopic (exact) mass is 289 g/mol. The Morgan fingerprint density at radius 2 is 2.05 bits per heavy atom. The van der Waals surface area contributed by atoms with Crippen LogP contribution >= 0.6 is 0 Å². The van der Waals surface area contributed by atoms with E-state index in [-0.39, 0.29) is 5.82 Å². The van der Waals surface area contributed by atoms with Gasteiger partial charge in [0.05, 0.1) is 18.0 Å². The van der Waals surface area contributed by atoms with Gasteiger partial charge in [-0.2, -0.15) is 4.98 Å². The van der Waals surface area contributed by atoms with Crippen molar-refractivity contribution in [2.45, 2.75) is 20.8 Å². The largest absolute Gasteiger partial charge is 0.476 e. The number of nitrogens with two attached hydrogens (primary N) is 1. The van der Waals surface area contributed by atoms with Gasteiger partial charge in [0, 0.05) is 0 Å². The van der Waals surface area contributed by atoms with E-state index in [2.05, 4.69) is 10.3 Å². The van der Waals surface area contributed by atoms with E-state index in [0.29, 0.717) is 35.6 Å². The molecule has 1 heterocycles. The Balaban J connectivity index is 2.20. The first-order valence-electron chi connectivity index (χ1n) is 6.88. The second-order valence-electron chi connectivity index (χ2n) is 5.40. The van der Waals surface area contributed by atoms with Gasteiger partial charge in [-0.3, -0.25) is 0 Å². The Bertz CT molecular complexity index is 629. The van der Waals surface area contributed by atoms with Crippen molar-refractivity contribution < 1.29 is 9.13 Å². The SMILES string of the molecule is Cc1ccc(F)c(Nc2ccc(N)c(OCC(C)C)n2)c1. The van der Waals surface area contributed by atoms with E-state index in [1.807, 2.05) is 20.8 Å². The lowest BCUT2D eigenvalue weighted by molar-refractivity contribution is 0.263. The Labute approximate surface area is 124 Å². The van der Waals surface area contributed by atoms with Crippen molar-refractivity contribution in [2.75, 3.05) is 17.7 Å². The van der Waals surface area contributed by atoms with Gasteiger partial charge < -0.3 is 15.8 Å². The number of nitrogens with zero attached hydrogens (tertiary/aromatic N) is 1. The molecule has 112 valence electrons. The molecule has 0 spiro atoms. The number of hydrogen-bond donors (Lipinski definition) is 2. The zero-order valence-electron chi connectivity index (χ0n) is 12.5. The molecule has 0 saturated heterocycles. The van der Waals surface area contributed by atoms with Crippen molar-refractivity contribution in [1.29, 1.82) is 0 Å². The van der Waals surface area contributed by atoms with Crippen molar-refractivity contribution in [2.24, 2.45) is 5.92 Å². The Morgan fingerprint density at radius 3 is 2.76 bits per heavy atom. The number of aryl methyl sites for hydroxylation is 1. The highest BCUT2D eigenvalue weighted by Gasteiger charge is 2.08. The summed E-state index contributed by atoms with van der Waals surface area (Å²) in [5.74, 6) is 0.898. The van der Waals surface area contributed by atoms with Gasteiger partial charge in [-0.15, -0.1) is 0 Å². The van der Waals surface area contributed by atoms with Crippen LogP contribution in [0.4, 0.5) is 21.6 Å². The molecule has 0 fully saturated rings. The molecule has 0 aliphatic heterocycles. The van der Waals surface area contributed by atoms with Crippen molar-refractivity contribution in [3.05, 3.63) is 41.7 Å². The van der Waals surface area contributed by atoms with E-state index in [1.165, 1.54) is 6.07 Å². The van der Waals surface area contributed by atoms with Gasteiger partial charge in [-0.05, 0) is 42.7 Å². The van der Waals surface area contributed by atoms with E-state index in [9.17, 15) is 4.39 Å². The first-order chi connectivity index (χ1) is 9.95. The number of nitrogens with one attached hydrogen (secondary N) is 1. The molecule has 0 radical (unpaired) electrons. The fourth-order valence-electron chi connectivity index (χ4n) is 1.75. The molecule has 1 aromatic heterocycles. The molecular weight excluding hydrogens is 269 g/mol. The van der Waals surface area contributed by atoms with Crippen LogP contribution in [0, 0.1) is 18.7 Å². The first kappa shape index (κ1) is 15.1. The fourth-order valence-corrected chi connectivity index (χ4v) is 1.75. The van der Waals surface area contributed by atoms with Gasteiger partial charge in [0.15, 0.2) is 0 Å². The van der Waals surface area contributed by atoms with Gasteiger partial charge in [0.2, 0.25) is 5.88 Å². The summed E-state index contributed by atoms with van der Waals surface area (Å²) in [6.45, 7) is 6.51. The van der Waals surface area contributed by atoms with Gasteiger partial charge >= 0.3 is 0 Å². The van der Waals surface area contributed by atoms with Crippen molar-refractivity contribution in [3.63, 3.8) is 0 Å². The lowest BCUT2D eigenvalue weighted by Crippen LogP contribution is -2.08. The molecule has 1 aromatic carbocycles. The predicted octanol–water partition coefficient (Wildman–Crippen LogP) is 3.89. The summed E-state index contributed by atoms with van der Waals surface area (Å²) in [4.78, 5) is 4.29. The third-order valence-electron chi connectivity index (χ3n) is 2.83. The molecule has 3 N–H and O–H groups in total. The Kier molecular flexibility index (Phi) is 4.62. The van der Waals surface area contributed by atoms with Crippen LogP contribution in [-0.2, 0) is 0 Å². The van der Waals surface area contributed by atoms with E-state index >= 15 is 0 Å². The summed E-state index contributed by atoms with van der Waals surface area (Å²) in [5.41, 5.74) is 7.64. The summed E-state index contributed by atoms with van der Waals surface area (Å²) >= 11 is 0. The Morgan fingerprint density at radius 1 is 1.29 bits per heavy atom. The third kappa shape index (κ3) is 4.08. The van der Waals surface area contributed by atoms with E-state index in [1.54, 1.807) is 24.3 Å². The van der Waals surface area contributed by atoms with Crippen LogP contribution in [-0.4, -0.2) is 11.6 Å². The van der Waals surface area contributed by atoms with Gasteiger partial charge in [-0.1, -0.05) is 19.9 Å². The van der Waals surface area contributed by atoms with Crippen molar-refractivity contribution in [1.82, 2.24) is 4.98 Å². The van der Waals surface area contributed by atoms with E-state index < -0.39 is 0 Å². The number of rotatable bonds is 5. The Hall–Kier alpha value is -2.30. The van der Waals surface area contributed by atoms with Gasteiger partial charge in [0.25, 0.3) is 0 Å². The highest BCUT2D eigenvalue weighted by Crippen LogP contribution is 2.25. The lowest BCUT2D eigenvalue weighted by atomic mass is 10.2. The quantitative estimate of drug-likeness (QED) is 0.876. The maximum Gasteiger partial charge on any atom is 0.239 e. The fraction of sp³-hybridized carbons (Fsp3) is 0.312. The summed E-state index contributed by atoms with van der Waals surface area (Å²) in [6, 6.07) is 8.25. The average Bonchev–Trinajstić information content (AvgIpc) is 2.43. The molecule has 21 heavy (non-hydrogen) atoms. The van der Waals surface area contributed by atoms with Crippen LogP contribution in [0.25, 0.3) is 0 Å². The summed E-state index contributed by atoms with van der Waals surface area (Å²) < 4.78 is 19.3. The number of nitrogen functional groups attached to an aromatic ring is 1. The van der Waals surface area contributed by atoms with Crippen LogP contribution < -0.4 is 15.8 Å². The molecule has 0 saturated carbocycles. The molecule has 0 unspecified atom stereocenters. The number of benzene rings is 1. The van der Waals surface area contributed by atoms with Gasteiger partial charge in [0.1, 0.15) is 11.6 Å². The van der Waals surface area contributed by atoms with Gasteiger partial charge in [-0.25, -0.2) is 4.39 Å². The highest BCUT2D eigenvalue weighted by molar-refractivity contribution is 5.61. The molecule has 0 atom stereocenters. The number of hydrogen-bond acceptors (Lipinski definition) is 4.